The third-order valence-corrected chi connectivity index (χ3v) is 5.62. The van der Waals surface area contributed by atoms with Gasteiger partial charge in [0.2, 0.25) is 12.3 Å². The van der Waals surface area contributed by atoms with E-state index in [0.29, 0.717) is 23.8 Å². The average Bonchev–Trinajstić information content (AvgIpc) is 3.38. The van der Waals surface area contributed by atoms with Crippen LogP contribution in [0.4, 0.5) is 5.69 Å². The Balaban J connectivity index is 0.000000898. The highest BCUT2D eigenvalue weighted by Crippen LogP contribution is 2.37. The van der Waals surface area contributed by atoms with Crippen LogP contribution in [0.3, 0.4) is 0 Å². The third kappa shape index (κ3) is 8.28. The van der Waals surface area contributed by atoms with Crippen molar-refractivity contribution in [2.24, 2.45) is 23.1 Å². The summed E-state index contributed by atoms with van der Waals surface area (Å²) in [5.74, 6) is 0.902. The van der Waals surface area contributed by atoms with Gasteiger partial charge < -0.3 is 37.3 Å². The largest absolute Gasteiger partial charge is 0.494 e. The van der Waals surface area contributed by atoms with Gasteiger partial charge >= 0.3 is 0 Å². The number of nitrogens with one attached hydrogen (secondary N) is 2. The number of hydrogen-bond donors (Lipinski definition) is 5. The highest BCUT2D eigenvalue weighted by Gasteiger charge is 2.29. The van der Waals surface area contributed by atoms with Crippen molar-refractivity contribution in [3.05, 3.63) is 53.9 Å². The Morgan fingerprint density at radius 3 is 2.51 bits per heavy atom. The molecule has 2 aromatic rings. The minimum atomic E-state index is -0.0583. The Hall–Kier alpha value is -3.99. The van der Waals surface area contributed by atoms with E-state index in [0.717, 1.165) is 42.7 Å². The van der Waals surface area contributed by atoms with Crippen molar-refractivity contribution < 1.29 is 19.1 Å². The van der Waals surface area contributed by atoms with Gasteiger partial charge in [-0.2, -0.15) is 5.10 Å². The molecule has 1 aromatic heterocycles. The molecular formula is C26H39N7O4. The van der Waals surface area contributed by atoms with Gasteiger partial charge in [0.1, 0.15) is 11.6 Å². The Bertz CT molecular complexity index is 1100. The van der Waals surface area contributed by atoms with Crippen LogP contribution in [-0.4, -0.2) is 42.4 Å². The number of methoxy groups -OCH3 is 1. The number of rotatable bonds is 8. The lowest BCUT2D eigenvalue weighted by Gasteiger charge is -2.16. The molecule has 11 heteroatoms. The lowest BCUT2D eigenvalue weighted by molar-refractivity contribution is -0.121. The number of amides is 2. The van der Waals surface area contributed by atoms with Gasteiger partial charge in [-0.05, 0) is 32.3 Å². The molecule has 2 heterocycles. The van der Waals surface area contributed by atoms with E-state index in [9.17, 15) is 4.79 Å². The summed E-state index contributed by atoms with van der Waals surface area (Å²) in [5, 5.41) is 10.5. The van der Waals surface area contributed by atoms with Crippen LogP contribution in [0.15, 0.2) is 53.9 Å². The van der Waals surface area contributed by atoms with Gasteiger partial charge in [-0.15, -0.1) is 0 Å². The molecule has 11 nitrogen and oxygen atoms in total. The monoisotopic (exact) mass is 513 g/mol. The molecule has 1 unspecified atom stereocenters. The normalized spacial score (nSPS) is 17.3. The van der Waals surface area contributed by atoms with E-state index >= 15 is 0 Å². The van der Waals surface area contributed by atoms with Gasteiger partial charge in [0.25, 0.3) is 0 Å². The minimum Gasteiger partial charge on any atom is -0.494 e. The van der Waals surface area contributed by atoms with Crippen molar-refractivity contribution in [2.75, 3.05) is 25.6 Å². The maximum absolute atomic E-state index is 12.0. The first-order valence-corrected chi connectivity index (χ1v) is 12.3. The van der Waals surface area contributed by atoms with Crippen LogP contribution in [-0.2, 0) is 14.3 Å². The van der Waals surface area contributed by atoms with Gasteiger partial charge in [0.05, 0.1) is 37.3 Å². The number of aromatic nitrogens is 2. The van der Waals surface area contributed by atoms with Crippen LogP contribution in [0.1, 0.15) is 46.1 Å². The molecule has 0 radical (unpaired) electrons. The number of carbonyl (C=O) groups excluding carboxylic acids is 2. The van der Waals surface area contributed by atoms with Gasteiger partial charge in [0.15, 0.2) is 0 Å². The van der Waals surface area contributed by atoms with E-state index < -0.39 is 0 Å². The second-order valence-electron chi connectivity index (χ2n) is 8.33. The van der Waals surface area contributed by atoms with E-state index in [2.05, 4.69) is 21.5 Å². The SMILES string of the molecule is CC.COc1c(NC(/C=C(\N)NC(=O)C2CC2)=C(\C)N)cccc1-c1cnn(C2CCOC2)c1.NC=O. The fraction of sp³-hybridized carbons (Fsp3) is 0.423. The van der Waals surface area contributed by atoms with Crippen molar-refractivity contribution in [1.82, 2.24) is 15.1 Å². The molecule has 0 spiro atoms. The molecule has 1 saturated heterocycles. The van der Waals surface area contributed by atoms with Crippen LogP contribution in [0.2, 0.25) is 0 Å². The van der Waals surface area contributed by atoms with Gasteiger partial charge in [-0.25, -0.2) is 0 Å². The first-order valence-electron chi connectivity index (χ1n) is 12.3. The molecular weight excluding hydrogens is 474 g/mol. The van der Waals surface area contributed by atoms with E-state index in [4.69, 9.17) is 25.7 Å². The molecule has 2 amide bonds. The van der Waals surface area contributed by atoms with Gasteiger partial charge in [-0.1, -0.05) is 26.0 Å². The topological polar surface area (TPSA) is 173 Å². The maximum atomic E-state index is 12.0. The molecule has 0 bridgehead atoms. The van der Waals surface area contributed by atoms with Crippen molar-refractivity contribution in [3.63, 3.8) is 0 Å². The highest BCUT2D eigenvalue weighted by atomic mass is 16.5. The molecule has 1 aromatic carbocycles. The predicted octanol–water partition coefficient (Wildman–Crippen LogP) is 2.58. The van der Waals surface area contributed by atoms with E-state index in [1.807, 2.05) is 49.1 Å². The number of nitrogens with two attached hydrogens (primary N) is 3. The number of nitrogens with zero attached hydrogens (tertiary/aromatic N) is 2. The van der Waals surface area contributed by atoms with Crippen LogP contribution < -0.4 is 32.6 Å². The second-order valence-corrected chi connectivity index (χ2v) is 8.33. The van der Waals surface area contributed by atoms with E-state index in [1.165, 1.54) is 0 Å². The summed E-state index contributed by atoms with van der Waals surface area (Å²) in [7, 11) is 1.62. The number of ether oxygens (including phenoxy) is 2. The zero-order valence-electron chi connectivity index (χ0n) is 22.0. The molecule has 4 rings (SSSR count). The Morgan fingerprint density at radius 1 is 1.24 bits per heavy atom. The summed E-state index contributed by atoms with van der Waals surface area (Å²) in [6, 6.07) is 6.06. The number of anilines is 1. The molecule has 37 heavy (non-hydrogen) atoms. The molecule has 1 aliphatic carbocycles. The maximum Gasteiger partial charge on any atom is 0.228 e. The third-order valence-electron chi connectivity index (χ3n) is 5.62. The smallest absolute Gasteiger partial charge is 0.228 e. The molecule has 2 aliphatic rings. The van der Waals surface area contributed by atoms with Gasteiger partial charge in [-0.3, -0.25) is 14.3 Å². The van der Waals surface area contributed by atoms with Crippen molar-refractivity contribution in [1.29, 1.82) is 0 Å². The Labute approximate surface area is 218 Å². The van der Waals surface area contributed by atoms with Crippen molar-refractivity contribution in [3.8, 4) is 16.9 Å². The fourth-order valence-corrected chi connectivity index (χ4v) is 3.67. The number of carbonyl (C=O) groups is 2. The second kappa shape index (κ2) is 14.5. The zero-order valence-corrected chi connectivity index (χ0v) is 22.0. The zero-order chi connectivity index (χ0) is 27.4. The first kappa shape index (κ1) is 29.2. The number of hydrogen-bond acceptors (Lipinski definition) is 8. The molecule has 1 atom stereocenters. The fourth-order valence-electron chi connectivity index (χ4n) is 3.67. The first-order chi connectivity index (χ1) is 17.9. The van der Waals surface area contributed by atoms with Crippen LogP contribution >= 0.6 is 0 Å². The Morgan fingerprint density at radius 2 is 1.95 bits per heavy atom. The summed E-state index contributed by atoms with van der Waals surface area (Å²) in [6.45, 7) is 7.20. The van der Waals surface area contributed by atoms with Crippen molar-refractivity contribution in [2.45, 2.75) is 46.1 Å². The molecule has 1 saturated carbocycles. The van der Waals surface area contributed by atoms with Crippen LogP contribution in [0, 0.1) is 5.92 Å². The number of para-hydroxylation sites is 1. The lowest BCUT2D eigenvalue weighted by Crippen LogP contribution is -2.29. The highest BCUT2D eigenvalue weighted by molar-refractivity contribution is 5.82. The predicted molar refractivity (Wildman–Crippen MR) is 144 cm³/mol. The average molecular weight is 514 g/mol. The van der Waals surface area contributed by atoms with Crippen molar-refractivity contribution >= 4 is 18.0 Å². The number of benzene rings is 1. The standard InChI is InChI=1S/C23H30N6O3.C2H6.CH3NO/c1-14(24)20(10-21(25)28-23(30)15-6-7-15)27-19-5-3-4-18(22(19)31-2)16-11-26-29(12-16)17-8-9-32-13-17;1-2;2-1-3/h3-5,10-12,15,17,27H,6-9,13,24-25H2,1-2H3,(H,28,30);1-2H3;1H,(H2,2,3)/b20-14+,21-10+;;. The minimum absolute atomic E-state index is 0.0583. The summed E-state index contributed by atoms with van der Waals surface area (Å²) in [5.41, 5.74) is 20.0. The molecule has 8 N–H and O–H groups in total. The van der Waals surface area contributed by atoms with E-state index in [-0.39, 0.29) is 30.1 Å². The van der Waals surface area contributed by atoms with Crippen LogP contribution in [0.5, 0.6) is 5.75 Å². The summed E-state index contributed by atoms with van der Waals surface area (Å²) >= 11 is 0. The quantitative estimate of drug-likeness (QED) is 0.264. The number of allylic oxidation sites excluding steroid dienone is 2. The summed E-state index contributed by atoms with van der Waals surface area (Å²) < 4.78 is 13.2. The summed E-state index contributed by atoms with van der Waals surface area (Å²) in [6.07, 6.45) is 8.48. The molecule has 202 valence electrons. The van der Waals surface area contributed by atoms with Crippen LogP contribution in [0.25, 0.3) is 11.1 Å². The molecule has 2 fully saturated rings. The van der Waals surface area contributed by atoms with E-state index in [1.54, 1.807) is 20.1 Å². The summed E-state index contributed by atoms with van der Waals surface area (Å²) in [4.78, 5) is 20.6. The molecule has 1 aliphatic heterocycles. The Kier molecular flexibility index (Phi) is 11.5. The number of primary amides is 1. The lowest BCUT2D eigenvalue weighted by atomic mass is 10.1. The van der Waals surface area contributed by atoms with Gasteiger partial charge in [0, 0.05) is 41.6 Å².